The molecule has 0 saturated carbocycles. The SMILES string of the molecule is CC(C)(C)OC(=O)NCCOCCOCCN.Cc1cccc(NCCOCCOCCNC(=O)OC(C)(C)C)c1[N+](=O)[O-]. The van der Waals surface area contributed by atoms with E-state index in [9.17, 15) is 19.7 Å². The molecule has 44 heavy (non-hydrogen) atoms. The molecule has 0 aliphatic rings. The van der Waals surface area contributed by atoms with Crippen molar-refractivity contribution in [3.63, 3.8) is 0 Å². The van der Waals surface area contributed by atoms with Gasteiger partial charge in [0.2, 0.25) is 0 Å². The predicted octanol–water partition coefficient (Wildman–Crippen LogP) is 3.38. The van der Waals surface area contributed by atoms with Crippen LogP contribution in [-0.2, 0) is 28.4 Å². The third-order valence-electron chi connectivity index (χ3n) is 4.82. The number of carbonyl (C=O) groups excluding carboxylic acids is 2. The number of para-hydroxylation sites is 1. The molecule has 0 saturated heterocycles. The number of nitrogens with two attached hydrogens (primary N) is 1. The molecule has 0 unspecified atom stereocenters. The normalized spacial score (nSPS) is 11.2. The summed E-state index contributed by atoms with van der Waals surface area (Å²) in [5, 5.41) is 19.3. The van der Waals surface area contributed by atoms with Gasteiger partial charge >= 0.3 is 12.2 Å². The second-order valence-electron chi connectivity index (χ2n) is 11.3. The zero-order valence-electron chi connectivity index (χ0n) is 27.3. The first kappa shape index (κ1) is 40.8. The van der Waals surface area contributed by atoms with E-state index in [-0.39, 0.29) is 5.69 Å². The number of hydrogen-bond acceptors (Lipinski definition) is 12. The molecule has 0 spiro atoms. The average molecular weight is 632 g/mol. The third kappa shape index (κ3) is 24.2. The number of nitrogens with zero attached hydrogens (tertiary/aromatic N) is 1. The van der Waals surface area contributed by atoms with E-state index < -0.39 is 28.3 Å². The molecule has 0 bridgehead atoms. The number of anilines is 1. The lowest BCUT2D eigenvalue weighted by atomic mass is 10.1. The molecule has 0 radical (unpaired) electrons. The minimum absolute atomic E-state index is 0.0818. The molecule has 254 valence electrons. The van der Waals surface area contributed by atoms with Crippen LogP contribution in [0.5, 0.6) is 0 Å². The van der Waals surface area contributed by atoms with Gasteiger partial charge in [-0.25, -0.2) is 9.59 Å². The quantitative estimate of drug-likeness (QED) is 0.0989. The Labute approximate surface area is 260 Å². The number of aryl methyl sites for hydroxylation is 1. The Bertz CT molecular complexity index is 951. The van der Waals surface area contributed by atoms with Crippen molar-refractivity contribution < 1.29 is 42.9 Å². The Kier molecular flexibility index (Phi) is 21.5. The Balaban J connectivity index is 0.000000938. The maximum Gasteiger partial charge on any atom is 0.407 e. The molecule has 1 aromatic carbocycles. The van der Waals surface area contributed by atoms with Gasteiger partial charge in [0.1, 0.15) is 16.9 Å². The van der Waals surface area contributed by atoms with Gasteiger partial charge < -0.3 is 50.1 Å². The average Bonchev–Trinajstić information content (AvgIpc) is 2.89. The first-order valence-electron chi connectivity index (χ1n) is 14.6. The summed E-state index contributed by atoms with van der Waals surface area (Å²) in [5.74, 6) is 0. The number of hydrogen-bond donors (Lipinski definition) is 4. The molecule has 0 aromatic heterocycles. The van der Waals surface area contributed by atoms with Crippen LogP contribution in [0, 0.1) is 17.0 Å². The molecule has 15 nitrogen and oxygen atoms in total. The van der Waals surface area contributed by atoms with Crippen LogP contribution in [0.15, 0.2) is 18.2 Å². The monoisotopic (exact) mass is 631 g/mol. The summed E-state index contributed by atoms with van der Waals surface area (Å²) < 4.78 is 31.2. The molecule has 0 aliphatic carbocycles. The van der Waals surface area contributed by atoms with Gasteiger partial charge in [-0.05, 0) is 54.5 Å². The van der Waals surface area contributed by atoms with Crippen LogP contribution in [0.2, 0.25) is 0 Å². The van der Waals surface area contributed by atoms with Crippen molar-refractivity contribution in [3.8, 4) is 0 Å². The maximum absolute atomic E-state index is 11.4. The van der Waals surface area contributed by atoms with Gasteiger partial charge in [0, 0.05) is 31.7 Å². The van der Waals surface area contributed by atoms with E-state index in [1.54, 1.807) is 45.9 Å². The van der Waals surface area contributed by atoms with Crippen molar-refractivity contribution in [2.75, 3.05) is 84.4 Å². The lowest BCUT2D eigenvalue weighted by Crippen LogP contribution is -2.34. The summed E-state index contributed by atoms with van der Waals surface area (Å²) in [4.78, 5) is 33.3. The maximum atomic E-state index is 11.4. The van der Waals surface area contributed by atoms with Gasteiger partial charge in [-0.3, -0.25) is 10.1 Å². The van der Waals surface area contributed by atoms with Gasteiger partial charge in [0.25, 0.3) is 5.69 Å². The molecular formula is C29H53N5O10. The van der Waals surface area contributed by atoms with Crippen molar-refractivity contribution in [2.45, 2.75) is 59.7 Å². The summed E-state index contributed by atoms with van der Waals surface area (Å²) in [6, 6.07) is 5.14. The Morgan fingerprint density at radius 2 is 1.18 bits per heavy atom. The summed E-state index contributed by atoms with van der Waals surface area (Å²) in [6.45, 7) is 17.8. The van der Waals surface area contributed by atoms with E-state index in [2.05, 4.69) is 16.0 Å². The first-order valence-corrected chi connectivity index (χ1v) is 14.6. The van der Waals surface area contributed by atoms with E-state index in [1.165, 1.54) is 0 Å². The summed E-state index contributed by atoms with van der Waals surface area (Å²) >= 11 is 0. The van der Waals surface area contributed by atoms with Gasteiger partial charge in [0.05, 0.1) is 57.8 Å². The van der Waals surface area contributed by atoms with Crippen LogP contribution in [0.1, 0.15) is 47.1 Å². The number of alkyl carbamates (subject to hydrolysis) is 2. The van der Waals surface area contributed by atoms with Crippen LogP contribution in [0.3, 0.4) is 0 Å². The fourth-order valence-corrected chi connectivity index (χ4v) is 3.11. The largest absolute Gasteiger partial charge is 0.444 e. The molecule has 0 heterocycles. The van der Waals surface area contributed by atoms with Gasteiger partial charge in [0.15, 0.2) is 0 Å². The van der Waals surface area contributed by atoms with E-state index in [1.807, 2.05) is 20.8 Å². The number of carbonyl (C=O) groups is 2. The van der Waals surface area contributed by atoms with Crippen molar-refractivity contribution in [1.82, 2.24) is 10.6 Å². The number of nitro groups is 1. The van der Waals surface area contributed by atoms with Crippen LogP contribution in [0.25, 0.3) is 0 Å². The summed E-state index contributed by atoms with van der Waals surface area (Å²) in [6.07, 6.45) is -0.904. The Hall–Kier alpha value is -3.24. The molecule has 15 heteroatoms. The summed E-state index contributed by atoms with van der Waals surface area (Å²) in [7, 11) is 0. The highest BCUT2D eigenvalue weighted by Gasteiger charge is 2.17. The van der Waals surface area contributed by atoms with Crippen LogP contribution < -0.4 is 21.7 Å². The second-order valence-corrected chi connectivity index (χ2v) is 11.3. The van der Waals surface area contributed by atoms with Gasteiger partial charge in [-0.1, -0.05) is 12.1 Å². The van der Waals surface area contributed by atoms with Crippen LogP contribution in [0.4, 0.5) is 21.0 Å². The highest BCUT2D eigenvalue weighted by molar-refractivity contribution is 5.68. The van der Waals surface area contributed by atoms with Gasteiger partial charge in [-0.15, -0.1) is 0 Å². The molecule has 1 rings (SSSR count). The molecule has 0 fully saturated rings. The standard InChI is InChI=1S/C18H29N3O6.C11H24N2O4/c1-14-6-5-7-15(16(14)21(23)24)19-8-10-25-12-13-26-11-9-20-17(22)27-18(2,3)4;1-11(2,3)17-10(14)13-5-7-16-9-8-15-6-4-12/h5-7,19H,8-13H2,1-4H3,(H,20,22);4-9,12H2,1-3H3,(H,13,14). The highest BCUT2D eigenvalue weighted by Crippen LogP contribution is 2.27. The topological polar surface area (TPSA) is 195 Å². The Morgan fingerprint density at radius 1 is 0.750 bits per heavy atom. The first-order chi connectivity index (χ1) is 20.7. The second kappa shape index (κ2) is 23.2. The zero-order chi connectivity index (χ0) is 33.4. The molecule has 5 N–H and O–H groups in total. The van der Waals surface area contributed by atoms with E-state index in [0.717, 1.165) is 0 Å². The van der Waals surface area contributed by atoms with E-state index in [0.29, 0.717) is 90.3 Å². The molecule has 0 aliphatic heterocycles. The minimum atomic E-state index is -0.522. The third-order valence-corrected chi connectivity index (χ3v) is 4.82. The van der Waals surface area contributed by atoms with E-state index >= 15 is 0 Å². The fourth-order valence-electron chi connectivity index (χ4n) is 3.11. The Morgan fingerprint density at radius 3 is 1.59 bits per heavy atom. The number of amides is 2. The summed E-state index contributed by atoms with van der Waals surface area (Å²) in [5.41, 5.74) is 5.43. The lowest BCUT2D eigenvalue weighted by molar-refractivity contribution is -0.384. The van der Waals surface area contributed by atoms with Crippen molar-refractivity contribution in [2.24, 2.45) is 5.73 Å². The number of nitro benzene ring substituents is 1. The molecule has 1 aromatic rings. The van der Waals surface area contributed by atoms with E-state index in [4.69, 9.17) is 34.2 Å². The van der Waals surface area contributed by atoms with Crippen molar-refractivity contribution in [1.29, 1.82) is 0 Å². The fraction of sp³-hybridized carbons (Fsp3) is 0.724. The number of ether oxygens (including phenoxy) is 6. The molecule has 2 amide bonds. The van der Waals surface area contributed by atoms with Gasteiger partial charge in [-0.2, -0.15) is 0 Å². The number of nitrogens with one attached hydrogen (secondary N) is 3. The van der Waals surface area contributed by atoms with Crippen LogP contribution >= 0.6 is 0 Å². The highest BCUT2D eigenvalue weighted by atomic mass is 16.6. The molecule has 0 atom stereocenters. The van der Waals surface area contributed by atoms with Crippen LogP contribution in [-0.4, -0.2) is 107 Å². The minimum Gasteiger partial charge on any atom is -0.444 e. The number of benzene rings is 1. The van der Waals surface area contributed by atoms with Crippen molar-refractivity contribution in [3.05, 3.63) is 33.9 Å². The molecular weight excluding hydrogens is 578 g/mol. The smallest absolute Gasteiger partial charge is 0.407 e. The predicted molar refractivity (Wildman–Crippen MR) is 167 cm³/mol. The lowest BCUT2D eigenvalue weighted by Gasteiger charge is -2.19. The van der Waals surface area contributed by atoms with Crippen molar-refractivity contribution >= 4 is 23.6 Å². The number of rotatable bonds is 19. The zero-order valence-corrected chi connectivity index (χ0v) is 27.3.